The number of methoxy groups -OCH3 is 1. The third-order valence-electron chi connectivity index (χ3n) is 4.22. The molecule has 5 nitrogen and oxygen atoms in total. The van der Waals surface area contributed by atoms with Crippen molar-refractivity contribution in [3.63, 3.8) is 0 Å². The molecule has 0 aliphatic carbocycles. The number of hydrogen-bond donors (Lipinski definition) is 2. The number of nitrogens with zero attached hydrogens (tertiary/aromatic N) is 1. The van der Waals surface area contributed by atoms with Gasteiger partial charge < -0.3 is 20.1 Å². The summed E-state index contributed by atoms with van der Waals surface area (Å²) in [6.45, 7) is 6.85. The van der Waals surface area contributed by atoms with Crippen LogP contribution in [0.4, 0.5) is 0 Å². The van der Waals surface area contributed by atoms with Gasteiger partial charge in [0.15, 0.2) is 5.96 Å². The van der Waals surface area contributed by atoms with E-state index in [-0.39, 0.29) is 0 Å². The Morgan fingerprint density at radius 3 is 2.37 bits per heavy atom. The van der Waals surface area contributed by atoms with Gasteiger partial charge >= 0.3 is 0 Å². The van der Waals surface area contributed by atoms with E-state index < -0.39 is 0 Å². The molecule has 0 spiro atoms. The van der Waals surface area contributed by atoms with Crippen molar-refractivity contribution in [2.45, 2.75) is 40.0 Å². The van der Waals surface area contributed by atoms with Gasteiger partial charge in [-0.15, -0.1) is 0 Å². The summed E-state index contributed by atoms with van der Waals surface area (Å²) in [6.07, 6.45) is 0.991. The van der Waals surface area contributed by atoms with Crippen LogP contribution in [-0.4, -0.2) is 26.7 Å². The van der Waals surface area contributed by atoms with Gasteiger partial charge in [0.05, 0.1) is 13.2 Å². The van der Waals surface area contributed by atoms with Crippen LogP contribution >= 0.6 is 0 Å². The number of aryl methyl sites for hydroxylation is 1. The van der Waals surface area contributed by atoms with Gasteiger partial charge in [-0.2, -0.15) is 0 Å². The van der Waals surface area contributed by atoms with Crippen molar-refractivity contribution in [2.24, 2.45) is 4.99 Å². The van der Waals surface area contributed by atoms with Crippen molar-refractivity contribution >= 4 is 5.96 Å². The van der Waals surface area contributed by atoms with Crippen molar-refractivity contribution in [3.05, 3.63) is 64.7 Å². The molecule has 0 saturated heterocycles. The summed E-state index contributed by atoms with van der Waals surface area (Å²) in [6, 6.07) is 14.5. The van der Waals surface area contributed by atoms with E-state index in [1.165, 1.54) is 16.7 Å². The number of guanidine groups is 1. The highest BCUT2D eigenvalue weighted by Crippen LogP contribution is 2.20. The van der Waals surface area contributed by atoms with Crippen molar-refractivity contribution < 1.29 is 9.47 Å². The number of nitrogens with one attached hydrogen (secondary N) is 2. The molecular formula is C22H31N3O2. The van der Waals surface area contributed by atoms with Crippen molar-refractivity contribution in [2.75, 3.05) is 20.8 Å². The average Bonchev–Trinajstić information content (AvgIpc) is 2.69. The summed E-state index contributed by atoms with van der Waals surface area (Å²) in [5.74, 6) is 1.69. The van der Waals surface area contributed by atoms with Gasteiger partial charge in [0, 0.05) is 32.8 Å². The van der Waals surface area contributed by atoms with E-state index in [1.807, 2.05) is 12.1 Å². The van der Waals surface area contributed by atoms with Gasteiger partial charge in [-0.25, -0.2) is 0 Å². The normalized spacial score (nSPS) is 11.3. The molecule has 146 valence electrons. The molecule has 2 rings (SSSR count). The molecule has 27 heavy (non-hydrogen) atoms. The van der Waals surface area contributed by atoms with Gasteiger partial charge in [-0.1, -0.05) is 43.3 Å². The van der Waals surface area contributed by atoms with Crippen LogP contribution in [-0.2, 0) is 24.4 Å². The van der Waals surface area contributed by atoms with Gasteiger partial charge in [-0.3, -0.25) is 4.99 Å². The van der Waals surface area contributed by atoms with E-state index in [0.717, 1.165) is 30.3 Å². The lowest BCUT2D eigenvalue weighted by Gasteiger charge is -2.16. The molecule has 0 radical (unpaired) electrons. The molecule has 0 aromatic heterocycles. The van der Waals surface area contributed by atoms with Crippen molar-refractivity contribution in [1.29, 1.82) is 0 Å². The SMILES string of the molecule is CCCOc1cc(C)ccc1CNC(=NC)NCc1ccccc1COC. The third kappa shape index (κ3) is 6.61. The Hall–Kier alpha value is -2.53. The fourth-order valence-electron chi connectivity index (χ4n) is 2.76. The van der Waals surface area contributed by atoms with Crippen LogP contribution in [0.5, 0.6) is 5.75 Å². The quantitative estimate of drug-likeness (QED) is 0.521. The molecule has 0 bridgehead atoms. The van der Waals surface area contributed by atoms with E-state index in [1.54, 1.807) is 14.2 Å². The maximum atomic E-state index is 5.89. The van der Waals surface area contributed by atoms with Crippen LogP contribution in [0.2, 0.25) is 0 Å². The number of benzene rings is 2. The second-order valence-corrected chi connectivity index (χ2v) is 6.44. The molecule has 0 atom stereocenters. The first-order valence-corrected chi connectivity index (χ1v) is 9.40. The summed E-state index contributed by atoms with van der Waals surface area (Å²) in [5, 5.41) is 6.74. The molecule has 2 aromatic carbocycles. The molecular weight excluding hydrogens is 338 g/mol. The molecule has 2 aromatic rings. The lowest BCUT2D eigenvalue weighted by molar-refractivity contribution is 0.184. The Labute approximate surface area is 162 Å². The van der Waals surface area contributed by atoms with E-state index in [0.29, 0.717) is 19.7 Å². The Morgan fingerprint density at radius 1 is 1.00 bits per heavy atom. The molecule has 2 N–H and O–H groups in total. The lowest BCUT2D eigenvalue weighted by atomic mass is 10.1. The Morgan fingerprint density at radius 2 is 1.70 bits per heavy atom. The molecule has 0 unspecified atom stereocenters. The Bertz CT molecular complexity index is 744. The van der Waals surface area contributed by atoms with E-state index >= 15 is 0 Å². The monoisotopic (exact) mass is 369 g/mol. The topological polar surface area (TPSA) is 54.9 Å². The molecule has 0 heterocycles. The second kappa shape index (κ2) is 11.2. The lowest BCUT2D eigenvalue weighted by Crippen LogP contribution is -2.36. The highest BCUT2D eigenvalue weighted by molar-refractivity contribution is 5.79. The van der Waals surface area contributed by atoms with E-state index in [4.69, 9.17) is 9.47 Å². The van der Waals surface area contributed by atoms with Crippen LogP contribution in [0, 0.1) is 6.92 Å². The first-order chi connectivity index (χ1) is 13.2. The summed E-state index contributed by atoms with van der Waals surface area (Å²) < 4.78 is 11.2. The zero-order valence-electron chi connectivity index (χ0n) is 16.8. The number of ether oxygens (including phenoxy) is 2. The van der Waals surface area contributed by atoms with Crippen LogP contribution in [0.25, 0.3) is 0 Å². The summed E-state index contributed by atoms with van der Waals surface area (Å²) in [4.78, 5) is 4.33. The highest BCUT2D eigenvalue weighted by atomic mass is 16.5. The first kappa shape index (κ1) is 20.8. The zero-order valence-corrected chi connectivity index (χ0v) is 16.8. The van der Waals surface area contributed by atoms with E-state index in [2.05, 4.69) is 59.8 Å². The van der Waals surface area contributed by atoms with E-state index in [9.17, 15) is 0 Å². The Kier molecular flexibility index (Phi) is 8.65. The third-order valence-corrected chi connectivity index (χ3v) is 4.22. The van der Waals surface area contributed by atoms with Crippen molar-refractivity contribution in [1.82, 2.24) is 10.6 Å². The van der Waals surface area contributed by atoms with Crippen LogP contribution < -0.4 is 15.4 Å². The fraction of sp³-hybridized carbons (Fsp3) is 0.409. The van der Waals surface area contributed by atoms with Crippen LogP contribution in [0.1, 0.15) is 35.6 Å². The number of aliphatic imine (C=N–C) groups is 1. The number of rotatable bonds is 9. The molecule has 0 fully saturated rings. The Balaban J connectivity index is 1.97. The summed E-state index contributed by atoms with van der Waals surface area (Å²) in [5.41, 5.74) is 4.69. The van der Waals surface area contributed by atoms with Crippen LogP contribution in [0.3, 0.4) is 0 Å². The van der Waals surface area contributed by atoms with Gasteiger partial charge in [0.1, 0.15) is 5.75 Å². The summed E-state index contributed by atoms with van der Waals surface area (Å²) >= 11 is 0. The molecule has 0 amide bonds. The van der Waals surface area contributed by atoms with Crippen molar-refractivity contribution in [3.8, 4) is 5.75 Å². The predicted octanol–water partition coefficient (Wildman–Crippen LogP) is 3.80. The minimum atomic E-state index is 0.603. The molecule has 0 aliphatic rings. The summed E-state index contributed by atoms with van der Waals surface area (Å²) in [7, 11) is 3.49. The maximum absolute atomic E-state index is 5.89. The second-order valence-electron chi connectivity index (χ2n) is 6.44. The minimum absolute atomic E-state index is 0.603. The fourth-order valence-corrected chi connectivity index (χ4v) is 2.76. The van der Waals surface area contributed by atoms with Gasteiger partial charge in [-0.05, 0) is 36.1 Å². The minimum Gasteiger partial charge on any atom is -0.493 e. The smallest absolute Gasteiger partial charge is 0.191 e. The van der Waals surface area contributed by atoms with Crippen LogP contribution in [0.15, 0.2) is 47.5 Å². The highest BCUT2D eigenvalue weighted by Gasteiger charge is 2.07. The first-order valence-electron chi connectivity index (χ1n) is 9.40. The average molecular weight is 370 g/mol. The standard InChI is InChI=1S/C22H31N3O2/c1-5-12-27-21-13-17(2)10-11-19(21)15-25-22(23-3)24-14-18-8-6-7-9-20(18)16-26-4/h6-11,13H,5,12,14-16H2,1-4H3,(H2,23,24,25). The number of hydrogen-bond acceptors (Lipinski definition) is 3. The molecule has 0 aliphatic heterocycles. The maximum Gasteiger partial charge on any atom is 0.191 e. The van der Waals surface area contributed by atoms with Gasteiger partial charge in [0.25, 0.3) is 0 Å². The largest absolute Gasteiger partial charge is 0.493 e. The zero-order chi connectivity index (χ0) is 19.5. The molecule has 0 saturated carbocycles. The van der Waals surface area contributed by atoms with Gasteiger partial charge in [0.2, 0.25) is 0 Å². The molecule has 5 heteroatoms. The predicted molar refractivity (Wildman–Crippen MR) is 111 cm³/mol.